The molecule has 0 fully saturated rings. The van der Waals surface area contributed by atoms with Crippen molar-refractivity contribution in [1.29, 1.82) is 0 Å². The van der Waals surface area contributed by atoms with Crippen LogP contribution < -0.4 is 4.90 Å². The summed E-state index contributed by atoms with van der Waals surface area (Å²) in [5.74, 6) is 0. The van der Waals surface area contributed by atoms with Crippen molar-refractivity contribution in [3.8, 4) is 44.5 Å². The van der Waals surface area contributed by atoms with Crippen LogP contribution in [0.4, 0.5) is 17.1 Å². The summed E-state index contributed by atoms with van der Waals surface area (Å²) in [5, 5.41) is 2.20. The Morgan fingerprint density at radius 1 is 0.390 bits per heavy atom. The number of aryl methyl sites for hydroxylation is 1. The second-order valence-electron chi connectivity index (χ2n) is 15.9. The van der Waals surface area contributed by atoms with Gasteiger partial charge in [-0.05, 0) is 117 Å². The Morgan fingerprint density at radius 3 is 1.88 bits per heavy atom. The molecule has 0 saturated carbocycles. The molecule has 2 aliphatic rings. The van der Waals surface area contributed by atoms with Gasteiger partial charge in [0.15, 0.2) is 0 Å². The lowest BCUT2D eigenvalue weighted by Crippen LogP contribution is -2.23. The minimum absolute atomic E-state index is 0.124. The zero-order valence-electron chi connectivity index (χ0n) is 32.5. The van der Waals surface area contributed by atoms with Gasteiger partial charge in [0.1, 0.15) is 11.2 Å². The molecular formula is C57H39NO. The highest BCUT2D eigenvalue weighted by Gasteiger charge is 2.48. The summed E-state index contributed by atoms with van der Waals surface area (Å²) in [5.41, 5.74) is 20.6. The van der Waals surface area contributed by atoms with Crippen LogP contribution in [-0.4, -0.2) is 0 Å². The molecule has 2 heteroatoms. The molecule has 0 radical (unpaired) electrons. The zero-order chi connectivity index (χ0) is 38.9. The Bertz CT molecular complexity index is 3230. The van der Waals surface area contributed by atoms with Gasteiger partial charge in [-0.2, -0.15) is 0 Å². The number of fused-ring (bicyclic) bond motifs is 10. The molecule has 1 spiro atoms. The standard InChI is InChI=1S/C57H39NO/c1-2-15-39(16-3-1)43-18-5-6-19-44(43)47-21-8-12-25-52(47)58(53-26-14-28-55-56(53)48-22-9-13-27-54(48)59-55)42-32-29-38(30-33-42)41-31-34-46-45-20-7-11-24-50(45)57(51(46)37-41)36-35-40-17-4-10-23-49(40)57/h1-34,37H,35-36H2. The topological polar surface area (TPSA) is 16.4 Å². The van der Waals surface area contributed by atoms with Gasteiger partial charge in [0, 0.05) is 22.1 Å². The molecule has 278 valence electrons. The minimum Gasteiger partial charge on any atom is -0.456 e. The average Bonchev–Trinajstić information content (AvgIpc) is 3.98. The maximum atomic E-state index is 6.48. The lowest BCUT2D eigenvalue weighted by molar-refractivity contribution is 0.626. The lowest BCUT2D eigenvalue weighted by atomic mass is 9.73. The van der Waals surface area contributed by atoms with Crippen molar-refractivity contribution in [2.24, 2.45) is 0 Å². The number of para-hydroxylation sites is 2. The van der Waals surface area contributed by atoms with Crippen LogP contribution in [-0.2, 0) is 11.8 Å². The largest absolute Gasteiger partial charge is 0.456 e. The first-order chi connectivity index (χ1) is 29.3. The van der Waals surface area contributed by atoms with Crippen molar-refractivity contribution >= 4 is 39.0 Å². The van der Waals surface area contributed by atoms with Gasteiger partial charge in [0.05, 0.1) is 16.8 Å². The van der Waals surface area contributed by atoms with Crippen LogP contribution in [0.25, 0.3) is 66.4 Å². The van der Waals surface area contributed by atoms with E-state index in [0.29, 0.717) is 0 Å². The molecule has 0 amide bonds. The van der Waals surface area contributed by atoms with Crippen molar-refractivity contribution in [2.75, 3.05) is 4.90 Å². The third-order valence-corrected chi connectivity index (χ3v) is 12.9. The molecular weight excluding hydrogens is 715 g/mol. The van der Waals surface area contributed by atoms with Crippen LogP contribution in [0.1, 0.15) is 28.7 Å². The SMILES string of the molecule is c1ccc(-c2ccccc2-c2ccccc2N(c2ccc(-c3ccc4c(c3)C3(CCc5ccccc53)c3ccccc3-4)cc2)c2cccc3oc4ccccc4c23)cc1. The molecule has 2 nitrogen and oxygen atoms in total. The van der Waals surface area contributed by atoms with Crippen LogP contribution in [0.3, 0.4) is 0 Å². The normalized spacial score (nSPS) is 15.1. The van der Waals surface area contributed by atoms with Gasteiger partial charge < -0.3 is 9.32 Å². The Morgan fingerprint density at radius 2 is 1.02 bits per heavy atom. The van der Waals surface area contributed by atoms with Crippen LogP contribution >= 0.6 is 0 Å². The fraction of sp³-hybridized carbons (Fsp3) is 0.0526. The van der Waals surface area contributed by atoms with E-state index in [2.05, 4.69) is 211 Å². The number of furan rings is 1. The van der Waals surface area contributed by atoms with Crippen LogP contribution in [0.5, 0.6) is 0 Å². The van der Waals surface area contributed by atoms with E-state index in [1.54, 1.807) is 0 Å². The van der Waals surface area contributed by atoms with Crippen molar-refractivity contribution in [2.45, 2.75) is 18.3 Å². The highest BCUT2D eigenvalue weighted by molar-refractivity contribution is 6.14. The third-order valence-electron chi connectivity index (χ3n) is 12.9. The molecule has 0 bridgehead atoms. The third kappa shape index (κ3) is 5.13. The molecule has 2 aliphatic carbocycles. The van der Waals surface area contributed by atoms with Crippen molar-refractivity contribution in [1.82, 2.24) is 0 Å². The summed E-state index contributed by atoms with van der Waals surface area (Å²) >= 11 is 0. The maximum absolute atomic E-state index is 6.48. The van der Waals surface area contributed by atoms with Crippen LogP contribution in [0.2, 0.25) is 0 Å². The molecule has 1 atom stereocenters. The molecule has 59 heavy (non-hydrogen) atoms. The quantitative estimate of drug-likeness (QED) is 0.168. The van der Waals surface area contributed by atoms with Gasteiger partial charge >= 0.3 is 0 Å². The maximum Gasteiger partial charge on any atom is 0.137 e. The summed E-state index contributed by atoms with van der Waals surface area (Å²) < 4.78 is 6.48. The summed E-state index contributed by atoms with van der Waals surface area (Å²) in [4.78, 5) is 2.43. The first-order valence-corrected chi connectivity index (χ1v) is 20.6. The second kappa shape index (κ2) is 13.3. The minimum atomic E-state index is -0.124. The van der Waals surface area contributed by atoms with Crippen LogP contribution in [0.15, 0.2) is 217 Å². The highest BCUT2D eigenvalue weighted by atomic mass is 16.3. The Balaban J connectivity index is 1.03. The van der Waals surface area contributed by atoms with Crippen molar-refractivity contribution in [3.63, 3.8) is 0 Å². The van der Waals surface area contributed by atoms with E-state index in [9.17, 15) is 0 Å². The summed E-state index contributed by atoms with van der Waals surface area (Å²) in [7, 11) is 0. The fourth-order valence-electron chi connectivity index (χ4n) is 10.4. The Kier molecular flexibility index (Phi) is 7.61. The Labute approximate surface area is 344 Å². The first-order valence-electron chi connectivity index (χ1n) is 20.6. The summed E-state index contributed by atoms with van der Waals surface area (Å²) in [6.07, 6.45) is 2.18. The van der Waals surface area contributed by atoms with Gasteiger partial charge in [0.25, 0.3) is 0 Å². The van der Waals surface area contributed by atoms with Gasteiger partial charge in [-0.3, -0.25) is 0 Å². The average molecular weight is 754 g/mol. The highest BCUT2D eigenvalue weighted by Crippen LogP contribution is 2.59. The van der Waals surface area contributed by atoms with Gasteiger partial charge in [0.2, 0.25) is 0 Å². The molecule has 12 rings (SSSR count). The molecule has 0 N–H and O–H groups in total. The van der Waals surface area contributed by atoms with E-state index < -0.39 is 0 Å². The first kappa shape index (κ1) is 33.7. The summed E-state index contributed by atoms with van der Waals surface area (Å²) in [6, 6.07) is 77.6. The smallest absolute Gasteiger partial charge is 0.137 e. The molecule has 0 aliphatic heterocycles. The number of rotatable bonds is 6. The molecule has 10 aromatic rings. The van der Waals surface area contributed by atoms with Crippen molar-refractivity contribution < 1.29 is 4.42 Å². The van der Waals surface area contributed by atoms with Crippen molar-refractivity contribution in [3.05, 3.63) is 235 Å². The summed E-state index contributed by atoms with van der Waals surface area (Å²) in [6.45, 7) is 0. The van der Waals surface area contributed by atoms with E-state index in [-0.39, 0.29) is 5.41 Å². The number of hydrogen-bond donors (Lipinski definition) is 0. The van der Waals surface area contributed by atoms with E-state index in [1.807, 2.05) is 6.07 Å². The number of benzene rings is 9. The molecule has 1 unspecified atom stereocenters. The molecule has 1 heterocycles. The molecule has 1 aromatic heterocycles. The Hall–Kier alpha value is -7.42. The van der Waals surface area contributed by atoms with E-state index >= 15 is 0 Å². The van der Waals surface area contributed by atoms with Gasteiger partial charge in [-0.25, -0.2) is 0 Å². The number of nitrogens with zero attached hydrogens (tertiary/aromatic N) is 1. The van der Waals surface area contributed by atoms with Gasteiger partial charge in [-0.15, -0.1) is 0 Å². The predicted molar refractivity (Wildman–Crippen MR) is 245 cm³/mol. The second-order valence-corrected chi connectivity index (χ2v) is 15.9. The van der Waals surface area contributed by atoms with E-state index in [0.717, 1.165) is 57.4 Å². The molecule has 0 saturated heterocycles. The fourth-order valence-corrected chi connectivity index (χ4v) is 10.4. The number of anilines is 3. The number of hydrogen-bond acceptors (Lipinski definition) is 2. The molecule has 9 aromatic carbocycles. The van der Waals surface area contributed by atoms with Gasteiger partial charge in [-0.1, -0.05) is 170 Å². The predicted octanol–water partition coefficient (Wildman–Crippen LogP) is 15.3. The lowest BCUT2D eigenvalue weighted by Gasteiger charge is -2.29. The van der Waals surface area contributed by atoms with E-state index in [1.165, 1.54) is 61.2 Å². The van der Waals surface area contributed by atoms with E-state index in [4.69, 9.17) is 4.42 Å². The van der Waals surface area contributed by atoms with Crippen LogP contribution in [0, 0.1) is 0 Å². The monoisotopic (exact) mass is 753 g/mol. The zero-order valence-corrected chi connectivity index (χ0v) is 32.5.